The van der Waals surface area contributed by atoms with E-state index < -0.39 is 28.8 Å². The number of pyridine rings is 1. The van der Waals surface area contributed by atoms with Crippen LogP contribution in [0.25, 0.3) is 16.9 Å². The van der Waals surface area contributed by atoms with Crippen LogP contribution in [-0.4, -0.2) is 79.0 Å². The number of aromatic nitrogens is 3. The molecule has 10 nitrogen and oxygen atoms in total. The number of amides is 2. The Labute approximate surface area is 254 Å². The van der Waals surface area contributed by atoms with Gasteiger partial charge in [0.2, 0.25) is 5.91 Å². The SMILES string of the molecule is CC1(F)CN(C(=O)C23CCC(Nc4cc(-c5ccc6cc(C#N)cnn56)ncc4C(=O)NC[C@@H](F)C(C)(C)O)(CC2)CC3)C1. The van der Waals surface area contributed by atoms with Crippen LogP contribution in [0, 0.1) is 16.7 Å². The number of nitriles is 1. The van der Waals surface area contributed by atoms with Crippen molar-refractivity contribution in [3.8, 4) is 17.5 Å². The second-order valence-corrected chi connectivity index (χ2v) is 13.6. The number of aliphatic hydroxyl groups is 1. The zero-order chi connectivity index (χ0) is 31.5. The van der Waals surface area contributed by atoms with Gasteiger partial charge >= 0.3 is 0 Å². The molecule has 3 N–H and O–H groups in total. The first-order valence-electron chi connectivity index (χ1n) is 15.0. The van der Waals surface area contributed by atoms with Crippen molar-refractivity contribution in [3.05, 3.63) is 47.8 Å². The number of hydrogen-bond acceptors (Lipinski definition) is 7. The first-order valence-corrected chi connectivity index (χ1v) is 15.0. The predicted molar refractivity (Wildman–Crippen MR) is 159 cm³/mol. The van der Waals surface area contributed by atoms with E-state index in [1.54, 1.807) is 21.5 Å². The molecule has 2 amide bonds. The minimum atomic E-state index is -1.67. The van der Waals surface area contributed by atoms with E-state index in [1.807, 2.05) is 12.1 Å². The molecule has 1 atom stereocenters. The van der Waals surface area contributed by atoms with Gasteiger partial charge in [-0.15, -0.1) is 0 Å². The summed E-state index contributed by atoms with van der Waals surface area (Å²) in [5, 5.41) is 29.9. The lowest BCUT2D eigenvalue weighted by atomic mass is 9.56. The summed E-state index contributed by atoms with van der Waals surface area (Å²) in [6, 6.07) is 9.25. The highest BCUT2D eigenvalue weighted by Crippen LogP contribution is 2.55. The van der Waals surface area contributed by atoms with Crippen LogP contribution in [0.4, 0.5) is 14.5 Å². The van der Waals surface area contributed by atoms with Gasteiger partial charge in [-0.3, -0.25) is 14.6 Å². The average Bonchev–Trinajstić information content (AvgIpc) is 3.41. The van der Waals surface area contributed by atoms with E-state index in [0.29, 0.717) is 66.7 Å². The van der Waals surface area contributed by atoms with Crippen molar-refractivity contribution in [2.75, 3.05) is 25.0 Å². The number of nitrogens with one attached hydrogen (secondary N) is 2. The van der Waals surface area contributed by atoms with Gasteiger partial charge in [-0.2, -0.15) is 10.4 Å². The van der Waals surface area contributed by atoms with E-state index in [2.05, 4.69) is 26.8 Å². The van der Waals surface area contributed by atoms with Gasteiger partial charge in [-0.25, -0.2) is 13.3 Å². The molecular formula is C32H37F2N7O3. The normalized spacial score (nSPS) is 24.8. The van der Waals surface area contributed by atoms with Crippen LogP contribution >= 0.6 is 0 Å². The third kappa shape index (κ3) is 5.38. The number of likely N-dealkylation sites (tertiary alicyclic amines) is 1. The number of carbonyl (C=O) groups is 2. The van der Waals surface area contributed by atoms with E-state index in [9.17, 15) is 28.7 Å². The molecular weight excluding hydrogens is 568 g/mol. The number of alkyl halides is 2. The first kappa shape index (κ1) is 29.9. The number of hydrogen-bond donors (Lipinski definition) is 3. The Bertz CT molecular complexity index is 1640. The van der Waals surface area contributed by atoms with Crippen molar-refractivity contribution < 1.29 is 23.5 Å². The molecule has 0 unspecified atom stereocenters. The van der Waals surface area contributed by atoms with Crippen molar-refractivity contribution in [1.29, 1.82) is 5.26 Å². The van der Waals surface area contributed by atoms with E-state index in [4.69, 9.17) is 0 Å². The fourth-order valence-corrected chi connectivity index (χ4v) is 6.87. The Balaban J connectivity index is 1.28. The molecule has 4 fully saturated rings. The maximum absolute atomic E-state index is 14.5. The van der Waals surface area contributed by atoms with Crippen LogP contribution in [0.1, 0.15) is 75.2 Å². The highest BCUT2D eigenvalue weighted by atomic mass is 19.1. The standard InChI is InChI=1S/C32H37F2N7O3/c1-29(2,44)26(33)17-37-27(42)22-16-36-24(25-5-4-21-12-20(14-35)15-38-41(21)25)13-23(22)39-32-9-6-31(7-10-32,8-11-32)28(43)40-18-30(3,34)19-40/h4-5,12-13,15-16,26,44H,6-11,17-19H2,1-3H3,(H,36,39)(H,37,42)/t26-,31?,32?/m1/s1. The third-order valence-corrected chi connectivity index (χ3v) is 9.68. The molecule has 3 aromatic rings. The summed E-state index contributed by atoms with van der Waals surface area (Å²) < 4.78 is 30.3. The molecule has 1 saturated heterocycles. The molecule has 3 aliphatic carbocycles. The van der Waals surface area contributed by atoms with Gasteiger partial charge in [0.1, 0.15) is 17.9 Å². The molecule has 1 aliphatic heterocycles. The molecule has 4 aliphatic rings. The quantitative estimate of drug-likeness (QED) is 0.351. The monoisotopic (exact) mass is 605 g/mol. The summed E-state index contributed by atoms with van der Waals surface area (Å²) in [6.07, 6.45) is 5.36. The van der Waals surface area contributed by atoms with E-state index in [0.717, 1.165) is 0 Å². The van der Waals surface area contributed by atoms with Crippen LogP contribution in [-0.2, 0) is 4.79 Å². The van der Waals surface area contributed by atoms with E-state index in [-0.39, 0.29) is 36.6 Å². The Morgan fingerprint density at radius 1 is 1.14 bits per heavy atom. The van der Waals surface area contributed by atoms with Crippen molar-refractivity contribution in [3.63, 3.8) is 0 Å². The first-order chi connectivity index (χ1) is 20.7. The molecule has 44 heavy (non-hydrogen) atoms. The van der Waals surface area contributed by atoms with Crippen LogP contribution in [0.5, 0.6) is 0 Å². The fourth-order valence-electron chi connectivity index (χ4n) is 6.87. The summed E-state index contributed by atoms with van der Waals surface area (Å²) in [4.78, 5) is 32.9. The average molecular weight is 606 g/mol. The second-order valence-electron chi connectivity index (χ2n) is 13.6. The highest BCUT2D eigenvalue weighted by Gasteiger charge is 2.56. The number of anilines is 1. The van der Waals surface area contributed by atoms with E-state index >= 15 is 0 Å². The maximum atomic E-state index is 14.5. The van der Waals surface area contributed by atoms with Gasteiger partial charge in [-0.1, -0.05) is 0 Å². The Morgan fingerprint density at radius 2 is 1.82 bits per heavy atom. The van der Waals surface area contributed by atoms with Gasteiger partial charge in [-0.05, 0) is 83.6 Å². The zero-order valence-corrected chi connectivity index (χ0v) is 25.2. The number of nitrogens with zero attached hydrogens (tertiary/aromatic N) is 5. The number of halogens is 2. The second kappa shape index (κ2) is 10.5. The number of rotatable bonds is 8. The third-order valence-electron chi connectivity index (χ3n) is 9.68. The van der Waals surface area contributed by atoms with Gasteiger partial charge in [0.05, 0.1) is 65.2 Å². The molecule has 232 valence electrons. The topological polar surface area (TPSA) is 136 Å². The minimum absolute atomic E-state index is 0.0481. The molecule has 3 aromatic heterocycles. The molecule has 3 saturated carbocycles. The van der Waals surface area contributed by atoms with Crippen molar-refractivity contribution >= 4 is 23.0 Å². The minimum Gasteiger partial charge on any atom is -0.387 e. The van der Waals surface area contributed by atoms with Gasteiger partial charge in [0.15, 0.2) is 0 Å². The Morgan fingerprint density at radius 3 is 2.43 bits per heavy atom. The molecule has 7 rings (SSSR count). The molecule has 0 radical (unpaired) electrons. The molecule has 4 heterocycles. The fraction of sp³-hybridized carbons (Fsp3) is 0.531. The highest BCUT2D eigenvalue weighted by molar-refractivity contribution is 6.00. The lowest BCUT2D eigenvalue weighted by molar-refractivity contribution is -0.161. The number of carbonyl (C=O) groups excluding carboxylic acids is 2. The summed E-state index contributed by atoms with van der Waals surface area (Å²) in [6.45, 7) is 4.12. The van der Waals surface area contributed by atoms with E-state index in [1.165, 1.54) is 33.2 Å². The predicted octanol–water partition coefficient (Wildman–Crippen LogP) is 4.18. The largest absolute Gasteiger partial charge is 0.387 e. The Hall–Kier alpha value is -4.11. The van der Waals surface area contributed by atoms with Crippen LogP contribution < -0.4 is 10.6 Å². The van der Waals surface area contributed by atoms with Gasteiger partial charge in [0.25, 0.3) is 5.91 Å². The molecule has 12 heteroatoms. The van der Waals surface area contributed by atoms with Crippen molar-refractivity contribution in [2.45, 2.75) is 82.3 Å². The van der Waals surface area contributed by atoms with Gasteiger partial charge in [0, 0.05) is 17.2 Å². The molecule has 0 aromatic carbocycles. The maximum Gasteiger partial charge on any atom is 0.255 e. The smallest absolute Gasteiger partial charge is 0.255 e. The van der Waals surface area contributed by atoms with Crippen LogP contribution in [0.2, 0.25) is 0 Å². The van der Waals surface area contributed by atoms with Crippen LogP contribution in [0.3, 0.4) is 0 Å². The molecule has 0 spiro atoms. The lowest BCUT2D eigenvalue weighted by Crippen LogP contribution is -2.64. The summed E-state index contributed by atoms with van der Waals surface area (Å²) in [7, 11) is 0. The van der Waals surface area contributed by atoms with Crippen molar-refractivity contribution in [1.82, 2.24) is 24.8 Å². The van der Waals surface area contributed by atoms with Crippen LogP contribution in [0.15, 0.2) is 36.7 Å². The summed E-state index contributed by atoms with van der Waals surface area (Å²) in [5.41, 5.74) is -0.674. The zero-order valence-electron chi connectivity index (χ0n) is 25.2. The summed E-state index contributed by atoms with van der Waals surface area (Å²) in [5.74, 6) is -0.484. The lowest BCUT2D eigenvalue weighted by Gasteiger charge is -2.56. The van der Waals surface area contributed by atoms with Crippen molar-refractivity contribution in [2.24, 2.45) is 5.41 Å². The summed E-state index contributed by atoms with van der Waals surface area (Å²) >= 11 is 0. The van der Waals surface area contributed by atoms with Gasteiger partial charge < -0.3 is 20.6 Å². The number of fused-ring (bicyclic) bond motifs is 4. The molecule has 2 bridgehead atoms. The Kier molecular flexibility index (Phi) is 7.15.